The monoisotopic (exact) mass is 231 g/mol. The summed E-state index contributed by atoms with van der Waals surface area (Å²) in [6.07, 6.45) is 0. The Bertz CT molecular complexity index is 453. The van der Waals surface area contributed by atoms with E-state index in [2.05, 4.69) is 10.1 Å². The molecule has 2 aromatic rings. The van der Waals surface area contributed by atoms with Gasteiger partial charge in [-0.05, 0) is 7.05 Å². The highest BCUT2D eigenvalue weighted by Gasteiger charge is 2.07. The van der Waals surface area contributed by atoms with Crippen LogP contribution in [0.25, 0.3) is 11.3 Å². The zero-order chi connectivity index (χ0) is 12.1. The van der Waals surface area contributed by atoms with Crippen LogP contribution in [0.2, 0.25) is 0 Å². The molecular weight excluding hydrogens is 214 g/mol. The number of rotatable bonds is 5. The molecular formula is C13H17N3O. The lowest BCUT2D eigenvalue weighted by atomic mass is 10.1. The quantitative estimate of drug-likeness (QED) is 0.851. The highest BCUT2D eigenvalue weighted by atomic mass is 16.5. The van der Waals surface area contributed by atoms with Gasteiger partial charge in [-0.2, -0.15) is 0 Å². The van der Waals surface area contributed by atoms with Gasteiger partial charge in [-0.25, -0.2) is 0 Å². The maximum atomic E-state index is 5.49. The van der Waals surface area contributed by atoms with E-state index in [1.165, 1.54) is 0 Å². The van der Waals surface area contributed by atoms with Gasteiger partial charge in [-0.3, -0.25) is 4.90 Å². The molecule has 90 valence electrons. The number of benzene rings is 1. The maximum absolute atomic E-state index is 5.49. The molecule has 0 radical (unpaired) electrons. The van der Waals surface area contributed by atoms with Crippen molar-refractivity contribution in [1.29, 1.82) is 0 Å². The van der Waals surface area contributed by atoms with E-state index >= 15 is 0 Å². The average molecular weight is 231 g/mol. The summed E-state index contributed by atoms with van der Waals surface area (Å²) >= 11 is 0. The van der Waals surface area contributed by atoms with Crippen molar-refractivity contribution >= 4 is 0 Å². The number of nitrogens with two attached hydrogens (primary N) is 1. The molecule has 0 fully saturated rings. The normalized spacial score (nSPS) is 11.0. The van der Waals surface area contributed by atoms with Crippen molar-refractivity contribution in [2.75, 3.05) is 20.1 Å². The van der Waals surface area contributed by atoms with Gasteiger partial charge in [0.15, 0.2) is 5.76 Å². The lowest BCUT2D eigenvalue weighted by Crippen LogP contribution is -2.25. The van der Waals surface area contributed by atoms with E-state index in [4.69, 9.17) is 10.3 Å². The minimum atomic E-state index is 0.653. The van der Waals surface area contributed by atoms with Crippen molar-refractivity contribution in [3.63, 3.8) is 0 Å². The molecule has 0 saturated heterocycles. The van der Waals surface area contributed by atoms with Crippen LogP contribution < -0.4 is 5.73 Å². The fourth-order valence-electron chi connectivity index (χ4n) is 1.70. The molecule has 0 aliphatic rings. The Balaban J connectivity index is 2.06. The summed E-state index contributed by atoms with van der Waals surface area (Å²) in [5, 5.41) is 4.06. The number of likely N-dealkylation sites (N-methyl/N-ethyl adjacent to an activating group) is 1. The average Bonchev–Trinajstić information content (AvgIpc) is 2.79. The summed E-state index contributed by atoms with van der Waals surface area (Å²) in [7, 11) is 2.02. The standard InChI is InChI=1S/C13H17N3O/c1-16(8-7-14)10-12-9-13(17-15-12)11-5-3-2-4-6-11/h2-6,9H,7-8,10,14H2,1H3. The summed E-state index contributed by atoms with van der Waals surface area (Å²) in [6, 6.07) is 11.9. The van der Waals surface area contributed by atoms with Gasteiger partial charge in [0.25, 0.3) is 0 Å². The van der Waals surface area contributed by atoms with Crippen molar-refractivity contribution in [2.24, 2.45) is 5.73 Å². The third-order valence-corrected chi connectivity index (χ3v) is 2.56. The van der Waals surface area contributed by atoms with Crippen LogP contribution in [0.5, 0.6) is 0 Å². The smallest absolute Gasteiger partial charge is 0.167 e. The first kappa shape index (κ1) is 11.8. The van der Waals surface area contributed by atoms with Gasteiger partial charge in [0.05, 0.1) is 5.69 Å². The van der Waals surface area contributed by atoms with E-state index in [1.807, 2.05) is 43.4 Å². The summed E-state index contributed by atoms with van der Waals surface area (Å²) in [6.45, 7) is 2.26. The Hall–Kier alpha value is -1.65. The maximum Gasteiger partial charge on any atom is 0.167 e. The second-order valence-corrected chi connectivity index (χ2v) is 4.07. The molecule has 0 aliphatic heterocycles. The lowest BCUT2D eigenvalue weighted by Gasteiger charge is -2.12. The van der Waals surface area contributed by atoms with E-state index in [9.17, 15) is 0 Å². The summed E-state index contributed by atoms with van der Waals surface area (Å²) < 4.78 is 5.32. The van der Waals surface area contributed by atoms with Crippen LogP contribution in [0.3, 0.4) is 0 Å². The van der Waals surface area contributed by atoms with E-state index in [0.717, 1.165) is 30.1 Å². The van der Waals surface area contributed by atoms with Gasteiger partial charge in [-0.15, -0.1) is 0 Å². The van der Waals surface area contributed by atoms with Crippen molar-refractivity contribution in [3.05, 3.63) is 42.1 Å². The molecule has 0 amide bonds. The number of hydrogen-bond acceptors (Lipinski definition) is 4. The molecule has 2 rings (SSSR count). The van der Waals surface area contributed by atoms with Gasteiger partial charge in [0, 0.05) is 31.3 Å². The molecule has 2 N–H and O–H groups in total. The Morgan fingerprint density at radius 1 is 1.29 bits per heavy atom. The van der Waals surface area contributed by atoms with Crippen LogP contribution in [0.15, 0.2) is 40.9 Å². The van der Waals surface area contributed by atoms with E-state index in [1.54, 1.807) is 0 Å². The minimum absolute atomic E-state index is 0.653. The Morgan fingerprint density at radius 3 is 2.76 bits per heavy atom. The molecule has 0 saturated carbocycles. The van der Waals surface area contributed by atoms with E-state index < -0.39 is 0 Å². The molecule has 4 heteroatoms. The Labute approximate surface area is 101 Å². The Morgan fingerprint density at radius 2 is 2.06 bits per heavy atom. The first-order valence-electron chi connectivity index (χ1n) is 5.69. The predicted octanol–water partition coefficient (Wildman–Crippen LogP) is 1.73. The topological polar surface area (TPSA) is 55.3 Å². The van der Waals surface area contributed by atoms with Crippen molar-refractivity contribution in [3.8, 4) is 11.3 Å². The van der Waals surface area contributed by atoms with Crippen LogP contribution in [-0.2, 0) is 6.54 Å². The molecule has 1 heterocycles. The predicted molar refractivity (Wildman–Crippen MR) is 67.3 cm³/mol. The van der Waals surface area contributed by atoms with Crippen LogP contribution >= 0.6 is 0 Å². The largest absolute Gasteiger partial charge is 0.356 e. The van der Waals surface area contributed by atoms with Crippen molar-refractivity contribution in [1.82, 2.24) is 10.1 Å². The summed E-state index contributed by atoms with van der Waals surface area (Å²) in [5.41, 5.74) is 7.47. The molecule has 0 unspecified atom stereocenters. The van der Waals surface area contributed by atoms with Crippen LogP contribution in [0.1, 0.15) is 5.69 Å². The van der Waals surface area contributed by atoms with Crippen molar-refractivity contribution < 1.29 is 4.52 Å². The number of aromatic nitrogens is 1. The molecule has 1 aromatic carbocycles. The fourth-order valence-corrected chi connectivity index (χ4v) is 1.70. The molecule has 17 heavy (non-hydrogen) atoms. The fraction of sp³-hybridized carbons (Fsp3) is 0.308. The van der Waals surface area contributed by atoms with Gasteiger partial charge in [-0.1, -0.05) is 35.5 Å². The molecule has 0 atom stereocenters. The van der Waals surface area contributed by atoms with Crippen LogP contribution in [0, 0.1) is 0 Å². The Kier molecular flexibility index (Phi) is 3.90. The first-order chi connectivity index (χ1) is 8.29. The highest BCUT2D eigenvalue weighted by Crippen LogP contribution is 2.19. The van der Waals surface area contributed by atoms with E-state index in [-0.39, 0.29) is 0 Å². The second kappa shape index (κ2) is 5.61. The molecule has 0 aliphatic carbocycles. The van der Waals surface area contributed by atoms with Crippen LogP contribution in [0.4, 0.5) is 0 Å². The zero-order valence-electron chi connectivity index (χ0n) is 9.97. The SMILES string of the molecule is CN(CCN)Cc1cc(-c2ccccc2)on1. The highest BCUT2D eigenvalue weighted by molar-refractivity contribution is 5.56. The zero-order valence-corrected chi connectivity index (χ0v) is 9.97. The van der Waals surface area contributed by atoms with Crippen LogP contribution in [-0.4, -0.2) is 30.2 Å². The molecule has 0 spiro atoms. The number of hydrogen-bond donors (Lipinski definition) is 1. The van der Waals surface area contributed by atoms with Gasteiger partial charge < -0.3 is 10.3 Å². The number of nitrogens with zero attached hydrogens (tertiary/aromatic N) is 2. The first-order valence-corrected chi connectivity index (χ1v) is 5.69. The summed E-state index contributed by atoms with van der Waals surface area (Å²) in [4.78, 5) is 2.12. The van der Waals surface area contributed by atoms with Gasteiger partial charge in [0.1, 0.15) is 0 Å². The summed E-state index contributed by atoms with van der Waals surface area (Å²) in [5.74, 6) is 0.807. The second-order valence-electron chi connectivity index (χ2n) is 4.07. The van der Waals surface area contributed by atoms with Gasteiger partial charge in [0.2, 0.25) is 0 Å². The van der Waals surface area contributed by atoms with E-state index in [0.29, 0.717) is 6.54 Å². The molecule has 0 bridgehead atoms. The third kappa shape index (κ3) is 3.15. The minimum Gasteiger partial charge on any atom is -0.356 e. The van der Waals surface area contributed by atoms with Gasteiger partial charge >= 0.3 is 0 Å². The molecule has 1 aromatic heterocycles. The lowest BCUT2D eigenvalue weighted by molar-refractivity contribution is 0.319. The van der Waals surface area contributed by atoms with Crippen molar-refractivity contribution in [2.45, 2.75) is 6.54 Å². The molecule has 4 nitrogen and oxygen atoms in total. The third-order valence-electron chi connectivity index (χ3n) is 2.56.